The molecule has 1 atom stereocenters. The zero-order valence-corrected chi connectivity index (χ0v) is 12.7. The minimum atomic E-state index is 0.0954. The first-order valence-electron chi connectivity index (χ1n) is 7.50. The molecule has 1 aromatic carbocycles. The van der Waals surface area contributed by atoms with Gasteiger partial charge in [0.2, 0.25) is 0 Å². The van der Waals surface area contributed by atoms with Crippen LogP contribution in [0.3, 0.4) is 0 Å². The van der Waals surface area contributed by atoms with Gasteiger partial charge in [-0.2, -0.15) is 5.10 Å². The third-order valence-electron chi connectivity index (χ3n) is 3.97. The van der Waals surface area contributed by atoms with Gasteiger partial charge in [-0.05, 0) is 31.2 Å². The van der Waals surface area contributed by atoms with E-state index in [4.69, 9.17) is 4.42 Å². The Labute approximate surface area is 133 Å². The van der Waals surface area contributed by atoms with E-state index < -0.39 is 0 Å². The Balaban J connectivity index is 1.80. The second-order valence-electron chi connectivity index (χ2n) is 5.32. The maximum absolute atomic E-state index is 5.51. The standard InChI is InChI=1S/C18H16N4O/c1-14(21-12-10-19-18(21)17-8-4-13-23-17)15-6-2-3-7-16(15)22-11-5-9-20-22/h2-14H,1H3/t14-/m0/s1. The van der Waals surface area contributed by atoms with Crippen molar-refractivity contribution >= 4 is 0 Å². The van der Waals surface area contributed by atoms with Crippen LogP contribution in [0.1, 0.15) is 18.5 Å². The zero-order chi connectivity index (χ0) is 15.6. The highest BCUT2D eigenvalue weighted by Crippen LogP contribution is 2.29. The maximum Gasteiger partial charge on any atom is 0.176 e. The predicted molar refractivity (Wildman–Crippen MR) is 87.3 cm³/mol. The Morgan fingerprint density at radius 3 is 2.70 bits per heavy atom. The van der Waals surface area contributed by atoms with E-state index in [0.29, 0.717) is 0 Å². The van der Waals surface area contributed by atoms with Crippen LogP contribution in [-0.4, -0.2) is 19.3 Å². The smallest absolute Gasteiger partial charge is 0.176 e. The lowest BCUT2D eigenvalue weighted by Gasteiger charge is -2.19. The molecule has 4 aromatic rings. The van der Waals surface area contributed by atoms with Crippen LogP contribution < -0.4 is 0 Å². The Morgan fingerprint density at radius 1 is 1.00 bits per heavy atom. The maximum atomic E-state index is 5.51. The number of nitrogens with zero attached hydrogens (tertiary/aromatic N) is 4. The van der Waals surface area contributed by atoms with Gasteiger partial charge in [-0.3, -0.25) is 0 Å². The second-order valence-corrected chi connectivity index (χ2v) is 5.32. The average molecular weight is 304 g/mol. The monoisotopic (exact) mass is 304 g/mol. The quantitative estimate of drug-likeness (QED) is 0.574. The largest absolute Gasteiger partial charge is 0.461 e. The van der Waals surface area contributed by atoms with Crippen molar-refractivity contribution < 1.29 is 4.42 Å². The van der Waals surface area contributed by atoms with E-state index in [0.717, 1.165) is 17.3 Å². The fourth-order valence-corrected chi connectivity index (χ4v) is 2.83. The van der Waals surface area contributed by atoms with Crippen molar-refractivity contribution in [2.45, 2.75) is 13.0 Å². The molecule has 0 bridgehead atoms. The molecule has 0 saturated heterocycles. The van der Waals surface area contributed by atoms with Gasteiger partial charge in [0.05, 0.1) is 18.0 Å². The minimum Gasteiger partial charge on any atom is -0.461 e. The summed E-state index contributed by atoms with van der Waals surface area (Å²) < 4.78 is 9.50. The lowest BCUT2D eigenvalue weighted by molar-refractivity contribution is 0.560. The summed E-state index contributed by atoms with van der Waals surface area (Å²) in [4.78, 5) is 4.44. The predicted octanol–water partition coefficient (Wildman–Crippen LogP) is 3.94. The number of imidazole rings is 1. The summed E-state index contributed by atoms with van der Waals surface area (Å²) >= 11 is 0. The molecule has 0 aliphatic rings. The van der Waals surface area contributed by atoms with Crippen molar-refractivity contribution in [2.75, 3.05) is 0 Å². The van der Waals surface area contributed by atoms with Crippen LogP contribution >= 0.6 is 0 Å². The Hall–Kier alpha value is -3.08. The molecule has 0 radical (unpaired) electrons. The molecule has 4 rings (SSSR count). The number of hydrogen-bond donors (Lipinski definition) is 0. The van der Waals surface area contributed by atoms with Crippen LogP contribution in [0.25, 0.3) is 17.3 Å². The van der Waals surface area contributed by atoms with Crippen molar-refractivity contribution in [3.05, 3.63) is 79.1 Å². The summed E-state index contributed by atoms with van der Waals surface area (Å²) in [6.07, 6.45) is 9.17. The van der Waals surface area contributed by atoms with Gasteiger partial charge in [0, 0.05) is 30.4 Å². The summed E-state index contributed by atoms with van der Waals surface area (Å²) in [5.41, 5.74) is 2.23. The number of para-hydroxylation sites is 1. The zero-order valence-electron chi connectivity index (χ0n) is 12.7. The fraction of sp³-hybridized carbons (Fsp3) is 0.111. The topological polar surface area (TPSA) is 48.8 Å². The molecule has 5 heteroatoms. The van der Waals surface area contributed by atoms with E-state index >= 15 is 0 Å². The van der Waals surface area contributed by atoms with Crippen LogP contribution in [0.4, 0.5) is 0 Å². The van der Waals surface area contributed by atoms with Crippen LogP contribution in [0.2, 0.25) is 0 Å². The van der Waals surface area contributed by atoms with Gasteiger partial charge in [-0.15, -0.1) is 0 Å². The van der Waals surface area contributed by atoms with E-state index in [9.17, 15) is 0 Å². The summed E-state index contributed by atoms with van der Waals surface area (Å²) in [5.74, 6) is 1.58. The van der Waals surface area contributed by atoms with E-state index in [-0.39, 0.29) is 6.04 Å². The molecule has 0 N–H and O–H groups in total. The highest BCUT2D eigenvalue weighted by Gasteiger charge is 2.18. The third-order valence-corrected chi connectivity index (χ3v) is 3.97. The minimum absolute atomic E-state index is 0.0954. The number of rotatable bonds is 4. The fourth-order valence-electron chi connectivity index (χ4n) is 2.83. The molecule has 0 unspecified atom stereocenters. The summed E-state index contributed by atoms with van der Waals surface area (Å²) in [6.45, 7) is 2.15. The molecule has 0 fully saturated rings. The van der Waals surface area contributed by atoms with Crippen molar-refractivity contribution in [1.29, 1.82) is 0 Å². The lowest BCUT2D eigenvalue weighted by atomic mass is 10.1. The molecule has 0 aliphatic heterocycles. The van der Waals surface area contributed by atoms with Crippen molar-refractivity contribution in [1.82, 2.24) is 19.3 Å². The number of aromatic nitrogens is 4. The summed E-state index contributed by atoms with van der Waals surface area (Å²) in [5, 5.41) is 4.36. The van der Waals surface area contributed by atoms with Gasteiger partial charge in [0.1, 0.15) is 0 Å². The second kappa shape index (κ2) is 5.61. The summed E-state index contributed by atoms with van der Waals surface area (Å²) in [7, 11) is 0. The first kappa shape index (κ1) is 13.6. The molecule has 23 heavy (non-hydrogen) atoms. The summed E-state index contributed by atoms with van der Waals surface area (Å²) in [6, 6.07) is 14.1. The van der Waals surface area contributed by atoms with Gasteiger partial charge in [-0.1, -0.05) is 18.2 Å². The van der Waals surface area contributed by atoms with Crippen LogP contribution in [0.15, 0.2) is 77.9 Å². The van der Waals surface area contributed by atoms with E-state index in [2.05, 4.69) is 33.7 Å². The molecule has 3 heterocycles. The highest BCUT2D eigenvalue weighted by atomic mass is 16.3. The average Bonchev–Trinajstić information content (AvgIpc) is 3.35. The number of hydrogen-bond acceptors (Lipinski definition) is 3. The Kier molecular flexibility index (Phi) is 3.31. The van der Waals surface area contributed by atoms with Gasteiger partial charge in [-0.25, -0.2) is 9.67 Å². The first-order chi connectivity index (χ1) is 11.3. The third kappa shape index (κ3) is 2.36. The number of benzene rings is 1. The van der Waals surface area contributed by atoms with Gasteiger partial charge >= 0.3 is 0 Å². The van der Waals surface area contributed by atoms with Gasteiger partial charge < -0.3 is 8.98 Å². The number of furan rings is 1. The molecular weight excluding hydrogens is 288 g/mol. The Bertz CT molecular complexity index is 891. The van der Waals surface area contributed by atoms with E-state index in [1.165, 1.54) is 5.56 Å². The van der Waals surface area contributed by atoms with Gasteiger partial charge in [0.15, 0.2) is 11.6 Å². The van der Waals surface area contributed by atoms with Crippen LogP contribution in [0.5, 0.6) is 0 Å². The van der Waals surface area contributed by atoms with E-state index in [1.54, 1.807) is 18.7 Å². The molecular formula is C18H16N4O. The van der Waals surface area contributed by atoms with Crippen molar-refractivity contribution in [2.24, 2.45) is 0 Å². The molecule has 0 spiro atoms. The first-order valence-corrected chi connectivity index (χ1v) is 7.50. The SMILES string of the molecule is C[C@@H](c1ccccc1-n1cccn1)n1ccnc1-c1ccco1. The molecule has 0 amide bonds. The van der Waals surface area contributed by atoms with Gasteiger partial charge in [0.25, 0.3) is 0 Å². The van der Waals surface area contributed by atoms with Crippen LogP contribution in [-0.2, 0) is 0 Å². The van der Waals surface area contributed by atoms with Crippen molar-refractivity contribution in [3.63, 3.8) is 0 Å². The molecule has 0 saturated carbocycles. The van der Waals surface area contributed by atoms with E-state index in [1.807, 2.05) is 47.4 Å². The van der Waals surface area contributed by atoms with Crippen molar-refractivity contribution in [3.8, 4) is 17.3 Å². The molecule has 3 aromatic heterocycles. The highest BCUT2D eigenvalue weighted by molar-refractivity contribution is 5.49. The normalized spacial score (nSPS) is 12.4. The lowest BCUT2D eigenvalue weighted by Crippen LogP contribution is -2.11. The molecule has 0 aliphatic carbocycles. The molecule has 114 valence electrons. The van der Waals surface area contributed by atoms with Crippen LogP contribution in [0, 0.1) is 0 Å². The Morgan fingerprint density at radius 2 is 1.91 bits per heavy atom. The molecule has 5 nitrogen and oxygen atoms in total.